The van der Waals surface area contributed by atoms with Crippen molar-refractivity contribution in [2.75, 3.05) is 24.5 Å². The summed E-state index contributed by atoms with van der Waals surface area (Å²) in [6, 6.07) is 12.3. The van der Waals surface area contributed by atoms with E-state index in [-0.39, 0.29) is 36.1 Å². The van der Waals surface area contributed by atoms with Crippen molar-refractivity contribution in [3.8, 4) is 11.3 Å². The van der Waals surface area contributed by atoms with Gasteiger partial charge in [0.05, 0.1) is 12.2 Å². The molecule has 154 valence electrons. The Morgan fingerprint density at radius 3 is 2.47 bits per heavy atom. The summed E-state index contributed by atoms with van der Waals surface area (Å²) < 4.78 is 14.4. The molecule has 2 aromatic heterocycles. The van der Waals surface area contributed by atoms with Crippen LogP contribution in [0.5, 0.6) is 0 Å². The predicted octanol–water partition coefficient (Wildman–Crippen LogP) is 1.87. The van der Waals surface area contributed by atoms with Crippen LogP contribution in [0.3, 0.4) is 0 Å². The highest BCUT2D eigenvalue weighted by molar-refractivity contribution is 5.92. The third-order valence-electron chi connectivity index (χ3n) is 4.93. The van der Waals surface area contributed by atoms with Crippen molar-refractivity contribution in [2.24, 2.45) is 0 Å². The van der Waals surface area contributed by atoms with E-state index in [0.717, 1.165) is 31.7 Å². The van der Waals surface area contributed by atoms with Crippen LogP contribution in [0.25, 0.3) is 11.3 Å². The summed E-state index contributed by atoms with van der Waals surface area (Å²) in [5, 5.41) is 15.2. The second kappa shape index (κ2) is 8.81. The molecule has 0 atom stereocenters. The molecular weight excluding hydrogens is 387 g/mol. The number of hydrogen-bond acceptors (Lipinski definition) is 6. The summed E-state index contributed by atoms with van der Waals surface area (Å²) in [7, 11) is 0. The van der Waals surface area contributed by atoms with Crippen molar-refractivity contribution in [3.05, 3.63) is 70.4 Å². The molecule has 1 aromatic carbocycles. The molecule has 1 N–H and O–H groups in total. The van der Waals surface area contributed by atoms with E-state index in [1.165, 1.54) is 22.9 Å². The number of aromatic nitrogens is 4. The third kappa shape index (κ3) is 4.51. The molecule has 3 heterocycles. The predicted molar refractivity (Wildman–Crippen MR) is 110 cm³/mol. The van der Waals surface area contributed by atoms with Crippen molar-refractivity contribution in [3.63, 3.8) is 0 Å². The van der Waals surface area contributed by atoms with E-state index >= 15 is 0 Å². The number of anilines is 1. The maximum absolute atomic E-state index is 13.1. The van der Waals surface area contributed by atoms with Crippen LogP contribution >= 0.6 is 0 Å². The number of carbonyl (C=O) groups excluding carboxylic acids is 1. The van der Waals surface area contributed by atoms with Gasteiger partial charge in [-0.25, -0.2) is 9.07 Å². The molecule has 0 spiro atoms. The van der Waals surface area contributed by atoms with Crippen molar-refractivity contribution in [1.29, 1.82) is 0 Å². The van der Waals surface area contributed by atoms with Crippen LogP contribution in [0.2, 0.25) is 0 Å². The molecule has 1 aliphatic heterocycles. The number of nitrogens with one attached hydrogen (secondary N) is 1. The van der Waals surface area contributed by atoms with Crippen molar-refractivity contribution < 1.29 is 9.18 Å². The number of benzene rings is 1. The summed E-state index contributed by atoms with van der Waals surface area (Å²) in [5.74, 6) is 0.0713. The van der Waals surface area contributed by atoms with Gasteiger partial charge in [0.25, 0.3) is 11.5 Å². The minimum atomic E-state index is -0.363. The average Bonchev–Trinajstić information content (AvgIpc) is 3.31. The number of rotatable bonds is 6. The Bertz CT molecular complexity index is 1080. The molecule has 0 bridgehead atoms. The second-order valence-electron chi connectivity index (χ2n) is 7.01. The summed E-state index contributed by atoms with van der Waals surface area (Å²) in [6.07, 6.45) is 2.28. The number of hydrogen-bond donors (Lipinski definition) is 1. The number of nitrogens with zero attached hydrogens (tertiary/aromatic N) is 5. The standard InChI is InChI=1S/C21H21FN6O2/c22-16-5-3-15(4-6-16)17-8-10-20(29)28(26-17)14-11-23-21(30)18-7-9-19(25-24-18)27-12-1-2-13-27/h3-10H,1-2,11-14H2,(H,23,30). The van der Waals surface area contributed by atoms with Crippen LogP contribution in [-0.4, -0.2) is 45.5 Å². The van der Waals surface area contributed by atoms with Gasteiger partial charge in [0.15, 0.2) is 11.5 Å². The zero-order chi connectivity index (χ0) is 20.9. The number of carbonyl (C=O) groups is 1. The van der Waals surface area contributed by atoms with Gasteiger partial charge in [-0.2, -0.15) is 5.10 Å². The first-order valence-corrected chi connectivity index (χ1v) is 9.81. The maximum atomic E-state index is 13.1. The zero-order valence-electron chi connectivity index (χ0n) is 16.3. The molecule has 3 aromatic rings. The van der Waals surface area contributed by atoms with Crippen LogP contribution < -0.4 is 15.8 Å². The lowest BCUT2D eigenvalue weighted by atomic mass is 10.1. The molecule has 0 saturated carbocycles. The molecule has 1 aliphatic rings. The normalized spacial score (nSPS) is 13.4. The lowest BCUT2D eigenvalue weighted by Gasteiger charge is -2.15. The Hall–Kier alpha value is -3.62. The van der Waals surface area contributed by atoms with Gasteiger partial charge in [-0.15, -0.1) is 10.2 Å². The van der Waals surface area contributed by atoms with Gasteiger partial charge in [0.1, 0.15) is 5.82 Å². The average molecular weight is 408 g/mol. The van der Waals surface area contributed by atoms with Gasteiger partial charge in [0.2, 0.25) is 0 Å². The van der Waals surface area contributed by atoms with E-state index in [0.29, 0.717) is 11.3 Å². The highest BCUT2D eigenvalue weighted by Crippen LogP contribution is 2.17. The van der Waals surface area contributed by atoms with Crippen molar-refractivity contribution >= 4 is 11.7 Å². The van der Waals surface area contributed by atoms with Gasteiger partial charge in [-0.1, -0.05) is 0 Å². The molecule has 30 heavy (non-hydrogen) atoms. The summed E-state index contributed by atoms with van der Waals surface area (Å²) in [4.78, 5) is 26.5. The first-order chi connectivity index (χ1) is 14.6. The number of amides is 1. The summed E-state index contributed by atoms with van der Waals surface area (Å²) >= 11 is 0. The van der Waals surface area contributed by atoms with Crippen LogP contribution in [0.1, 0.15) is 23.3 Å². The fraction of sp³-hybridized carbons (Fsp3) is 0.286. The lowest BCUT2D eigenvalue weighted by Crippen LogP contribution is -2.32. The molecule has 1 saturated heterocycles. The van der Waals surface area contributed by atoms with Crippen LogP contribution in [-0.2, 0) is 6.54 Å². The SMILES string of the molecule is O=C(NCCn1nc(-c2ccc(F)cc2)ccc1=O)c1ccc(N2CCCC2)nn1. The van der Waals surface area contributed by atoms with E-state index < -0.39 is 0 Å². The van der Waals surface area contributed by atoms with Gasteiger partial charge >= 0.3 is 0 Å². The Morgan fingerprint density at radius 2 is 1.77 bits per heavy atom. The minimum absolute atomic E-state index is 0.193. The minimum Gasteiger partial charge on any atom is -0.355 e. The van der Waals surface area contributed by atoms with Gasteiger partial charge < -0.3 is 10.2 Å². The molecule has 9 heteroatoms. The Morgan fingerprint density at radius 1 is 1.00 bits per heavy atom. The largest absolute Gasteiger partial charge is 0.355 e. The first kappa shape index (κ1) is 19.7. The van der Waals surface area contributed by atoms with Crippen molar-refractivity contribution in [2.45, 2.75) is 19.4 Å². The van der Waals surface area contributed by atoms with E-state index in [9.17, 15) is 14.0 Å². The Kier molecular flexibility index (Phi) is 5.78. The molecule has 8 nitrogen and oxygen atoms in total. The van der Waals surface area contributed by atoms with E-state index in [2.05, 4.69) is 25.5 Å². The highest BCUT2D eigenvalue weighted by Gasteiger charge is 2.15. The van der Waals surface area contributed by atoms with Crippen molar-refractivity contribution in [1.82, 2.24) is 25.3 Å². The zero-order valence-corrected chi connectivity index (χ0v) is 16.3. The van der Waals surface area contributed by atoms with Crippen LogP contribution in [0.4, 0.5) is 10.2 Å². The van der Waals surface area contributed by atoms with E-state index in [1.807, 2.05) is 0 Å². The first-order valence-electron chi connectivity index (χ1n) is 9.81. The number of halogens is 1. The third-order valence-corrected chi connectivity index (χ3v) is 4.93. The van der Waals surface area contributed by atoms with E-state index in [1.54, 1.807) is 30.3 Å². The molecule has 0 aliphatic carbocycles. The molecule has 4 rings (SSSR count). The molecule has 1 amide bonds. The maximum Gasteiger partial charge on any atom is 0.271 e. The smallest absolute Gasteiger partial charge is 0.271 e. The highest BCUT2D eigenvalue weighted by atomic mass is 19.1. The molecular formula is C21H21FN6O2. The molecule has 0 radical (unpaired) electrons. The van der Waals surface area contributed by atoms with Crippen LogP contribution in [0.15, 0.2) is 53.3 Å². The summed E-state index contributed by atoms with van der Waals surface area (Å²) in [6.45, 7) is 2.31. The van der Waals surface area contributed by atoms with Gasteiger partial charge in [-0.3, -0.25) is 9.59 Å². The fourth-order valence-corrected chi connectivity index (χ4v) is 3.31. The van der Waals surface area contributed by atoms with Crippen LogP contribution in [0, 0.1) is 5.82 Å². The topological polar surface area (TPSA) is 93.0 Å². The van der Waals surface area contributed by atoms with E-state index in [4.69, 9.17) is 0 Å². The van der Waals surface area contributed by atoms with Gasteiger partial charge in [-0.05, 0) is 55.3 Å². The second-order valence-corrected chi connectivity index (χ2v) is 7.01. The van der Waals surface area contributed by atoms with Gasteiger partial charge in [0, 0.05) is 31.3 Å². The lowest BCUT2D eigenvalue weighted by molar-refractivity contribution is 0.0945. The summed E-state index contributed by atoms with van der Waals surface area (Å²) in [5.41, 5.74) is 1.18. The molecule has 0 unspecified atom stereocenters. The fourth-order valence-electron chi connectivity index (χ4n) is 3.31. The quantitative estimate of drug-likeness (QED) is 0.669. The monoisotopic (exact) mass is 408 g/mol. The molecule has 1 fully saturated rings. The Labute approximate surface area is 172 Å². The Balaban J connectivity index is 1.36.